The number of fused-ring (bicyclic) bond motifs is 1. The van der Waals surface area contributed by atoms with Crippen molar-refractivity contribution >= 4 is 44.5 Å². The van der Waals surface area contributed by atoms with Crippen LogP contribution in [0.3, 0.4) is 0 Å². The van der Waals surface area contributed by atoms with Crippen LogP contribution in [0.15, 0.2) is 24.4 Å². The molecule has 10 nitrogen and oxygen atoms in total. The largest absolute Gasteiger partial charge is 0.379 e. The molecule has 33 heavy (non-hydrogen) atoms. The SMILES string of the molecule is CCC(=O)N1CC[C@H](Nc2nc(CN3CCOCC3)cc(Nc3nc4cccnc4s3)n2)C1. The number of hydrogen-bond donors (Lipinski definition) is 2. The monoisotopic (exact) mass is 468 g/mol. The molecule has 0 radical (unpaired) electrons. The van der Waals surface area contributed by atoms with E-state index in [0.717, 1.165) is 67.0 Å². The van der Waals surface area contributed by atoms with Gasteiger partial charge in [-0.25, -0.2) is 15.0 Å². The van der Waals surface area contributed by atoms with Crippen molar-refractivity contribution in [2.45, 2.75) is 32.4 Å². The number of hydrogen-bond acceptors (Lipinski definition) is 10. The number of anilines is 3. The summed E-state index contributed by atoms with van der Waals surface area (Å²) in [5.41, 5.74) is 1.79. The Morgan fingerprint density at radius 1 is 1.24 bits per heavy atom. The van der Waals surface area contributed by atoms with Crippen molar-refractivity contribution in [2.75, 3.05) is 50.0 Å². The number of morpholine rings is 1. The minimum Gasteiger partial charge on any atom is -0.379 e. The van der Waals surface area contributed by atoms with Crippen molar-refractivity contribution in [3.8, 4) is 0 Å². The van der Waals surface area contributed by atoms with Gasteiger partial charge < -0.3 is 20.3 Å². The third-order valence-corrected chi connectivity index (χ3v) is 6.74. The molecule has 0 aliphatic carbocycles. The van der Waals surface area contributed by atoms with Crippen LogP contribution < -0.4 is 10.6 Å². The predicted octanol–water partition coefficient (Wildman–Crippen LogP) is 2.48. The second-order valence-corrected chi connectivity index (χ2v) is 9.23. The lowest BCUT2D eigenvalue weighted by molar-refractivity contribution is -0.129. The summed E-state index contributed by atoms with van der Waals surface area (Å²) in [6, 6.07) is 5.94. The van der Waals surface area contributed by atoms with Gasteiger partial charge in [-0.2, -0.15) is 4.98 Å². The molecule has 2 aliphatic heterocycles. The third kappa shape index (κ3) is 5.37. The summed E-state index contributed by atoms with van der Waals surface area (Å²) in [5, 5.41) is 7.53. The number of nitrogens with one attached hydrogen (secondary N) is 2. The number of rotatable bonds is 7. The van der Waals surface area contributed by atoms with Crippen molar-refractivity contribution in [3.05, 3.63) is 30.1 Å². The second-order valence-electron chi connectivity index (χ2n) is 8.25. The molecule has 5 rings (SSSR count). The molecule has 0 unspecified atom stereocenters. The van der Waals surface area contributed by atoms with E-state index < -0.39 is 0 Å². The molecule has 0 bridgehead atoms. The van der Waals surface area contributed by atoms with Crippen LogP contribution in [0.25, 0.3) is 10.3 Å². The highest BCUT2D eigenvalue weighted by Crippen LogP contribution is 2.27. The zero-order valence-electron chi connectivity index (χ0n) is 18.7. The van der Waals surface area contributed by atoms with Gasteiger partial charge in [0.15, 0.2) is 5.13 Å². The van der Waals surface area contributed by atoms with E-state index in [1.54, 1.807) is 6.20 Å². The van der Waals surface area contributed by atoms with E-state index in [9.17, 15) is 4.79 Å². The van der Waals surface area contributed by atoms with Crippen LogP contribution in [-0.2, 0) is 16.1 Å². The Bertz CT molecular complexity index is 1080. The molecule has 2 aliphatic rings. The fourth-order valence-corrected chi connectivity index (χ4v) is 4.95. The van der Waals surface area contributed by atoms with Crippen LogP contribution in [0, 0.1) is 0 Å². The first kappa shape index (κ1) is 21.9. The Labute approximate surface area is 196 Å². The van der Waals surface area contributed by atoms with Gasteiger partial charge in [-0.3, -0.25) is 9.69 Å². The minimum atomic E-state index is 0.138. The molecule has 3 aromatic rings. The average molecular weight is 469 g/mol. The average Bonchev–Trinajstić information content (AvgIpc) is 3.45. The Morgan fingerprint density at radius 2 is 2.12 bits per heavy atom. The molecular weight excluding hydrogens is 440 g/mol. The molecule has 0 spiro atoms. The molecule has 11 heteroatoms. The maximum Gasteiger partial charge on any atom is 0.225 e. The highest BCUT2D eigenvalue weighted by Gasteiger charge is 2.26. The lowest BCUT2D eigenvalue weighted by atomic mass is 10.2. The zero-order chi connectivity index (χ0) is 22.6. The maximum absolute atomic E-state index is 12.0. The van der Waals surface area contributed by atoms with Gasteiger partial charge >= 0.3 is 0 Å². The Kier molecular flexibility index (Phi) is 6.60. The molecule has 2 N–H and O–H groups in total. The summed E-state index contributed by atoms with van der Waals surface area (Å²) in [7, 11) is 0. The summed E-state index contributed by atoms with van der Waals surface area (Å²) < 4.78 is 5.48. The maximum atomic E-state index is 12.0. The third-order valence-electron chi connectivity index (χ3n) is 5.85. The molecule has 1 atom stereocenters. The van der Waals surface area contributed by atoms with E-state index >= 15 is 0 Å². The van der Waals surface area contributed by atoms with Crippen LogP contribution in [0.1, 0.15) is 25.5 Å². The van der Waals surface area contributed by atoms with Gasteiger partial charge in [-0.15, -0.1) is 0 Å². The Hall–Kier alpha value is -2.89. The highest BCUT2D eigenvalue weighted by atomic mass is 32.1. The van der Waals surface area contributed by atoms with Gasteiger partial charge in [0.2, 0.25) is 11.9 Å². The molecule has 0 saturated carbocycles. The first-order valence-corrected chi connectivity index (χ1v) is 12.2. The van der Waals surface area contributed by atoms with Crippen molar-refractivity contribution in [1.29, 1.82) is 0 Å². The number of amides is 1. The van der Waals surface area contributed by atoms with Crippen LogP contribution in [0.4, 0.5) is 16.9 Å². The fraction of sp³-hybridized carbons (Fsp3) is 0.500. The van der Waals surface area contributed by atoms with Gasteiger partial charge in [0, 0.05) is 57.4 Å². The van der Waals surface area contributed by atoms with Crippen LogP contribution in [0.5, 0.6) is 0 Å². The molecule has 1 amide bonds. The first-order valence-electron chi connectivity index (χ1n) is 11.4. The van der Waals surface area contributed by atoms with Crippen molar-refractivity contribution in [2.24, 2.45) is 0 Å². The number of pyridine rings is 1. The minimum absolute atomic E-state index is 0.138. The molecule has 3 aromatic heterocycles. The molecule has 2 fully saturated rings. The van der Waals surface area contributed by atoms with Gasteiger partial charge in [-0.05, 0) is 18.6 Å². The number of ether oxygens (including phenoxy) is 1. The standard InChI is InChI=1S/C22H28N8O2S/c1-2-19(31)30-7-5-15(14-30)24-21-25-16(13-29-8-10-32-11-9-29)12-18(27-21)28-22-26-17-4-3-6-23-20(17)33-22/h3-4,6,12,15H,2,5,7-11,13-14H2,1H3,(H2,24,25,26,27,28)/t15-/m0/s1. The number of aromatic nitrogens is 4. The van der Waals surface area contributed by atoms with Crippen molar-refractivity contribution in [3.63, 3.8) is 0 Å². The summed E-state index contributed by atoms with van der Waals surface area (Å²) >= 11 is 1.49. The van der Waals surface area contributed by atoms with Crippen LogP contribution in [0.2, 0.25) is 0 Å². The Morgan fingerprint density at radius 3 is 2.94 bits per heavy atom. The second kappa shape index (κ2) is 9.94. The first-order chi connectivity index (χ1) is 16.2. The van der Waals surface area contributed by atoms with E-state index in [1.807, 2.05) is 30.0 Å². The van der Waals surface area contributed by atoms with Crippen LogP contribution in [-0.4, -0.2) is 81.1 Å². The topological polar surface area (TPSA) is 108 Å². The van der Waals surface area contributed by atoms with Gasteiger partial charge in [0.1, 0.15) is 16.2 Å². The number of nitrogens with zero attached hydrogens (tertiary/aromatic N) is 6. The van der Waals surface area contributed by atoms with E-state index in [2.05, 4.69) is 25.5 Å². The van der Waals surface area contributed by atoms with Gasteiger partial charge in [-0.1, -0.05) is 18.3 Å². The molecule has 5 heterocycles. The number of carbonyl (C=O) groups excluding carboxylic acids is 1. The van der Waals surface area contributed by atoms with Crippen molar-refractivity contribution in [1.82, 2.24) is 29.7 Å². The number of thiazole rings is 1. The normalized spacial score (nSPS) is 19.2. The number of carbonyl (C=O) groups is 1. The van der Waals surface area contributed by atoms with E-state index in [4.69, 9.17) is 14.7 Å². The quantitative estimate of drug-likeness (QED) is 0.540. The highest BCUT2D eigenvalue weighted by molar-refractivity contribution is 7.21. The van der Waals surface area contributed by atoms with E-state index in [0.29, 0.717) is 24.7 Å². The summed E-state index contributed by atoms with van der Waals surface area (Å²) in [4.78, 5) is 35.7. The molecule has 174 valence electrons. The van der Waals surface area contributed by atoms with E-state index in [-0.39, 0.29) is 11.9 Å². The summed E-state index contributed by atoms with van der Waals surface area (Å²) in [6.07, 6.45) is 3.18. The number of likely N-dealkylation sites (tertiary alicyclic amines) is 1. The molecule has 0 aromatic carbocycles. The van der Waals surface area contributed by atoms with Crippen LogP contribution >= 0.6 is 11.3 Å². The van der Waals surface area contributed by atoms with Gasteiger partial charge in [0.05, 0.1) is 18.9 Å². The molecular formula is C22H28N8O2S. The predicted molar refractivity (Wildman–Crippen MR) is 128 cm³/mol. The smallest absolute Gasteiger partial charge is 0.225 e. The van der Waals surface area contributed by atoms with Gasteiger partial charge in [0.25, 0.3) is 0 Å². The Balaban J connectivity index is 1.36. The fourth-order valence-electron chi connectivity index (χ4n) is 4.14. The lowest BCUT2D eigenvalue weighted by Crippen LogP contribution is -2.36. The summed E-state index contributed by atoms with van der Waals surface area (Å²) in [5.74, 6) is 1.45. The van der Waals surface area contributed by atoms with E-state index in [1.165, 1.54) is 11.3 Å². The molecule has 2 saturated heterocycles. The lowest BCUT2D eigenvalue weighted by Gasteiger charge is -2.26. The summed E-state index contributed by atoms with van der Waals surface area (Å²) in [6.45, 7) is 7.31. The zero-order valence-corrected chi connectivity index (χ0v) is 19.5. The van der Waals surface area contributed by atoms with Crippen molar-refractivity contribution < 1.29 is 9.53 Å².